The summed E-state index contributed by atoms with van der Waals surface area (Å²) in [5.41, 5.74) is -1.65. The van der Waals surface area contributed by atoms with Gasteiger partial charge in [-0.3, -0.25) is 9.78 Å². The Labute approximate surface area is 131 Å². The third kappa shape index (κ3) is 3.80. The topological polar surface area (TPSA) is 68.3 Å². The van der Waals surface area contributed by atoms with Gasteiger partial charge in [0.2, 0.25) is 0 Å². The summed E-state index contributed by atoms with van der Waals surface area (Å²) < 4.78 is 43.8. The lowest BCUT2D eigenvalue weighted by molar-refractivity contribution is -0.191. The molecular weight excluding hydrogens is 313 g/mol. The van der Waals surface area contributed by atoms with Gasteiger partial charge in [0.05, 0.1) is 13.0 Å². The Balaban J connectivity index is 2.26. The zero-order valence-electron chi connectivity index (χ0n) is 12.5. The van der Waals surface area contributed by atoms with E-state index in [1.165, 1.54) is 12.3 Å². The van der Waals surface area contributed by atoms with Crippen molar-refractivity contribution in [1.82, 2.24) is 10.3 Å². The number of ether oxygens (including phenoxy) is 1. The van der Waals surface area contributed by atoms with E-state index in [-0.39, 0.29) is 25.0 Å². The van der Waals surface area contributed by atoms with Crippen LogP contribution in [0.2, 0.25) is 0 Å². The van der Waals surface area contributed by atoms with Crippen LogP contribution in [0, 0.1) is 5.92 Å². The van der Waals surface area contributed by atoms with Gasteiger partial charge in [0, 0.05) is 6.20 Å². The number of carbonyl (C=O) groups excluding carboxylic acids is 2. The van der Waals surface area contributed by atoms with Crippen LogP contribution in [0.5, 0.6) is 0 Å². The molecule has 5 nitrogen and oxygen atoms in total. The van der Waals surface area contributed by atoms with Crippen LogP contribution in [0.4, 0.5) is 13.2 Å². The predicted octanol–water partition coefficient (Wildman–Crippen LogP) is 2.48. The second-order valence-corrected chi connectivity index (χ2v) is 5.58. The Bertz CT molecular complexity index is 577. The molecule has 1 fully saturated rings. The molecule has 0 spiro atoms. The molecule has 2 atom stereocenters. The van der Waals surface area contributed by atoms with Crippen molar-refractivity contribution in [2.75, 3.05) is 7.11 Å². The van der Waals surface area contributed by atoms with Gasteiger partial charge in [-0.2, -0.15) is 13.2 Å². The van der Waals surface area contributed by atoms with Crippen LogP contribution in [-0.2, 0) is 9.53 Å². The first-order chi connectivity index (χ1) is 10.8. The molecule has 1 heterocycles. The van der Waals surface area contributed by atoms with E-state index >= 15 is 0 Å². The minimum atomic E-state index is -4.42. The van der Waals surface area contributed by atoms with E-state index in [4.69, 9.17) is 0 Å². The summed E-state index contributed by atoms with van der Waals surface area (Å²) in [5, 5.41) is 2.43. The Morgan fingerprint density at radius 3 is 2.70 bits per heavy atom. The number of rotatable bonds is 3. The number of amides is 1. The SMILES string of the molecule is COC(=O)[C@@]1(NC(=O)c2ccccn2)CCC[C@H](C(F)(F)F)C1. The monoisotopic (exact) mass is 330 g/mol. The zero-order chi connectivity index (χ0) is 17.1. The summed E-state index contributed by atoms with van der Waals surface area (Å²) in [6, 6.07) is 4.60. The number of halogens is 3. The van der Waals surface area contributed by atoms with Crippen molar-refractivity contribution in [3.05, 3.63) is 30.1 Å². The Kier molecular flexibility index (Phi) is 4.91. The Morgan fingerprint density at radius 2 is 2.13 bits per heavy atom. The molecule has 1 aromatic heterocycles. The molecule has 1 N–H and O–H groups in total. The zero-order valence-corrected chi connectivity index (χ0v) is 12.5. The summed E-state index contributed by atoms with van der Waals surface area (Å²) in [4.78, 5) is 28.2. The van der Waals surface area contributed by atoms with E-state index in [1.54, 1.807) is 12.1 Å². The first kappa shape index (κ1) is 17.2. The van der Waals surface area contributed by atoms with E-state index in [1.807, 2.05) is 0 Å². The predicted molar refractivity (Wildman–Crippen MR) is 74.5 cm³/mol. The summed E-state index contributed by atoms with van der Waals surface area (Å²) in [7, 11) is 1.09. The molecule has 0 bridgehead atoms. The highest BCUT2D eigenvalue weighted by Gasteiger charge is 2.52. The average molecular weight is 330 g/mol. The molecule has 2 rings (SSSR count). The molecule has 1 aliphatic rings. The van der Waals surface area contributed by atoms with Gasteiger partial charge in [-0.15, -0.1) is 0 Å². The van der Waals surface area contributed by atoms with E-state index < -0.39 is 35.9 Å². The van der Waals surface area contributed by atoms with Gasteiger partial charge in [-0.1, -0.05) is 6.07 Å². The second kappa shape index (κ2) is 6.55. The molecule has 1 saturated carbocycles. The molecule has 8 heteroatoms. The summed E-state index contributed by atoms with van der Waals surface area (Å²) in [6.45, 7) is 0. The number of methoxy groups -OCH3 is 1. The lowest BCUT2D eigenvalue weighted by atomic mass is 9.75. The van der Waals surface area contributed by atoms with Gasteiger partial charge in [-0.05, 0) is 37.8 Å². The molecule has 126 valence electrons. The fourth-order valence-electron chi connectivity index (χ4n) is 2.88. The lowest BCUT2D eigenvalue weighted by Crippen LogP contribution is -2.58. The van der Waals surface area contributed by atoms with E-state index in [0.717, 1.165) is 7.11 Å². The molecule has 0 unspecified atom stereocenters. The van der Waals surface area contributed by atoms with Crippen LogP contribution in [0.3, 0.4) is 0 Å². The highest BCUT2D eigenvalue weighted by atomic mass is 19.4. The van der Waals surface area contributed by atoms with Crippen LogP contribution in [0.1, 0.15) is 36.2 Å². The third-order valence-corrected chi connectivity index (χ3v) is 4.04. The van der Waals surface area contributed by atoms with Crippen molar-refractivity contribution in [1.29, 1.82) is 0 Å². The number of aromatic nitrogens is 1. The number of nitrogens with zero attached hydrogens (tertiary/aromatic N) is 1. The normalized spacial score (nSPS) is 24.8. The minimum Gasteiger partial charge on any atom is -0.467 e. The van der Waals surface area contributed by atoms with Crippen molar-refractivity contribution in [3.8, 4) is 0 Å². The first-order valence-electron chi connectivity index (χ1n) is 7.17. The highest BCUT2D eigenvalue weighted by Crippen LogP contribution is 2.42. The van der Waals surface area contributed by atoms with E-state index in [0.29, 0.717) is 0 Å². The van der Waals surface area contributed by atoms with Crippen LogP contribution < -0.4 is 5.32 Å². The van der Waals surface area contributed by atoms with Crippen LogP contribution in [0.15, 0.2) is 24.4 Å². The van der Waals surface area contributed by atoms with Crippen molar-refractivity contribution in [2.45, 2.75) is 37.4 Å². The molecule has 1 amide bonds. The largest absolute Gasteiger partial charge is 0.467 e. The minimum absolute atomic E-state index is 0.0323. The molecule has 0 saturated heterocycles. The summed E-state index contributed by atoms with van der Waals surface area (Å²) in [6.07, 6.45) is -3.36. The number of esters is 1. The fraction of sp³-hybridized carbons (Fsp3) is 0.533. The van der Waals surface area contributed by atoms with Crippen molar-refractivity contribution >= 4 is 11.9 Å². The molecule has 0 aliphatic heterocycles. The molecular formula is C15H17F3N2O3. The first-order valence-corrected chi connectivity index (χ1v) is 7.17. The van der Waals surface area contributed by atoms with Crippen LogP contribution in [-0.4, -0.2) is 35.7 Å². The van der Waals surface area contributed by atoms with Gasteiger partial charge in [0.25, 0.3) is 5.91 Å². The Morgan fingerprint density at radius 1 is 1.39 bits per heavy atom. The second-order valence-electron chi connectivity index (χ2n) is 5.58. The average Bonchev–Trinajstić information content (AvgIpc) is 2.54. The molecule has 0 radical (unpaired) electrons. The number of alkyl halides is 3. The molecule has 1 aliphatic carbocycles. The summed E-state index contributed by atoms with van der Waals surface area (Å²) >= 11 is 0. The third-order valence-electron chi connectivity index (χ3n) is 4.04. The van der Waals surface area contributed by atoms with Gasteiger partial charge in [0.15, 0.2) is 0 Å². The lowest BCUT2D eigenvalue weighted by Gasteiger charge is -2.39. The maximum Gasteiger partial charge on any atom is 0.391 e. The maximum atomic E-state index is 13.0. The number of carbonyl (C=O) groups is 2. The molecule has 23 heavy (non-hydrogen) atoms. The van der Waals surface area contributed by atoms with Gasteiger partial charge in [-0.25, -0.2) is 4.79 Å². The summed E-state index contributed by atoms with van der Waals surface area (Å²) in [5.74, 6) is -3.21. The fourth-order valence-corrected chi connectivity index (χ4v) is 2.88. The number of pyridine rings is 1. The van der Waals surface area contributed by atoms with Crippen molar-refractivity contribution < 1.29 is 27.5 Å². The van der Waals surface area contributed by atoms with Crippen LogP contribution in [0.25, 0.3) is 0 Å². The quantitative estimate of drug-likeness (QED) is 0.865. The van der Waals surface area contributed by atoms with E-state index in [9.17, 15) is 22.8 Å². The maximum absolute atomic E-state index is 13.0. The molecule has 1 aromatic rings. The number of hydrogen-bond donors (Lipinski definition) is 1. The smallest absolute Gasteiger partial charge is 0.391 e. The number of nitrogens with one attached hydrogen (secondary N) is 1. The van der Waals surface area contributed by atoms with Gasteiger partial charge >= 0.3 is 12.1 Å². The van der Waals surface area contributed by atoms with E-state index in [2.05, 4.69) is 15.0 Å². The number of hydrogen-bond acceptors (Lipinski definition) is 4. The van der Waals surface area contributed by atoms with Gasteiger partial charge in [0.1, 0.15) is 11.2 Å². The van der Waals surface area contributed by atoms with Gasteiger partial charge < -0.3 is 10.1 Å². The van der Waals surface area contributed by atoms with Crippen molar-refractivity contribution in [2.24, 2.45) is 5.92 Å². The Hall–Kier alpha value is -2.12. The van der Waals surface area contributed by atoms with Crippen molar-refractivity contribution in [3.63, 3.8) is 0 Å². The highest BCUT2D eigenvalue weighted by molar-refractivity contribution is 5.96. The standard InChI is InChI=1S/C15H17F3N2O3/c1-23-13(22)14(7-4-5-10(9-14)15(16,17)18)20-12(21)11-6-2-3-8-19-11/h2-3,6,8,10H,4-5,7,9H2,1H3,(H,20,21)/t10-,14+/m0/s1. The molecule has 0 aromatic carbocycles. The van der Waals surface area contributed by atoms with Crippen LogP contribution >= 0.6 is 0 Å².